The summed E-state index contributed by atoms with van der Waals surface area (Å²) in [6.07, 6.45) is 10.2. The van der Waals surface area contributed by atoms with Crippen LogP contribution in [-0.2, 0) is 6.42 Å². The first kappa shape index (κ1) is 9.95. The molecule has 3 rings (SSSR count). The van der Waals surface area contributed by atoms with Crippen molar-refractivity contribution in [3.63, 3.8) is 0 Å². The molecular weight excluding hydrogens is 196 g/mol. The molecule has 0 saturated heterocycles. The zero-order chi connectivity index (χ0) is 10.8. The van der Waals surface area contributed by atoms with Crippen LogP contribution in [0.5, 0.6) is 0 Å². The van der Waals surface area contributed by atoms with E-state index in [4.69, 9.17) is 4.42 Å². The van der Waals surface area contributed by atoms with Crippen LogP contribution >= 0.6 is 0 Å². The van der Waals surface area contributed by atoms with Crippen molar-refractivity contribution in [2.75, 3.05) is 0 Å². The van der Waals surface area contributed by atoms with Crippen molar-refractivity contribution in [1.82, 2.24) is 0 Å². The van der Waals surface area contributed by atoms with E-state index in [9.17, 15) is 0 Å². The molecule has 1 aliphatic carbocycles. The predicted molar refractivity (Wildman–Crippen MR) is 66.5 cm³/mol. The highest BCUT2D eigenvalue weighted by Crippen LogP contribution is 2.28. The summed E-state index contributed by atoms with van der Waals surface area (Å²) < 4.78 is 5.36. The van der Waals surface area contributed by atoms with Gasteiger partial charge in [0.15, 0.2) is 0 Å². The molecule has 0 N–H and O–H groups in total. The van der Waals surface area contributed by atoms with Gasteiger partial charge in [0.1, 0.15) is 5.58 Å². The van der Waals surface area contributed by atoms with Crippen molar-refractivity contribution in [2.45, 2.75) is 38.5 Å². The van der Waals surface area contributed by atoms with Gasteiger partial charge in [-0.15, -0.1) is 0 Å². The van der Waals surface area contributed by atoms with Crippen LogP contribution in [0.25, 0.3) is 11.0 Å². The topological polar surface area (TPSA) is 13.1 Å². The van der Waals surface area contributed by atoms with Crippen LogP contribution in [0, 0.1) is 5.92 Å². The van der Waals surface area contributed by atoms with E-state index in [2.05, 4.69) is 24.3 Å². The maximum Gasteiger partial charge on any atom is 0.133 e. The van der Waals surface area contributed by atoms with E-state index < -0.39 is 0 Å². The monoisotopic (exact) mass is 214 g/mol. The summed E-state index contributed by atoms with van der Waals surface area (Å²) in [5.41, 5.74) is 2.48. The van der Waals surface area contributed by atoms with Gasteiger partial charge in [-0.3, -0.25) is 0 Å². The molecule has 1 aromatic carbocycles. The maximum absolute atomic E-state index is 5.36. The lowest BCUT2D eigenvalue weighted by molar-refractivity contribution is 0.357. The fraction of sp³-hybridized carbons (Fsp3) is 0.467. The molecule has 0 aliphatic heterocycles. The highest BCUT2D eigenvalue weighted by molar-refractivity contribution is 5.77. The Morgan fingerprint density at radius 1 is 1.06 bits per heavy atom. The van der Waals surface area contributed by atoms with Gasteiger partial charge in [0.25, 0.3) is 0 Å². The molecule has 0 unspecified atom stereocenters. The average molecular weight is 214 g/mol. The van der Waals surface area contributed by atoms with Gasteiger partial charge < -0.3 is 4.42 Å². The first-order chi connectivity index (χ1) is 7.92. The molecule has 1 heterocycles. The fourth-order valence-electron chi connectivity index (χ4n) is 2.87. The summed E-state index contributed by atoms with van der Waals surface area (Å²) in [6, 6.07) is 8.67. The third-order valence-electron chi connectivity index (χ3n) is 3.77. The average Bonchev–Trinajstić information content (AvgIpc) is 2.77. The smallest absolute Gasteiger partial charge is 0.133 e. The highest BCUT2D eigenvalue weighted by Gasteiger charge is 2.14. The van der Waals surface area contributed by atoms with Crippen LogP contribution in [0.1, 0.15) is 37.7 Å². The lowest BCUT2D eigenvalue weighted by Crippen LogP contribution is -2.08. The van der Waals surface area contributed by atoms with Crippen LogP contribution in [0.15, 0.2) is 34.9 Å². The quantitative estimate of drug-likeness (QED) is 0.714. The lowest BCUT2D eigenvalue weighted by atomic mass is 9.85. The van der Waals surface area contributed by atoms with Crippen molar-refractivity contribution in [1.29, 1.82) is 0 Å². The zero-order valence-electron chi connectivity index (χ0n) is 9.61. The van der Waals surface area contributed by atoms with E-state index in [1.54, 1.807) is 6.26 Å². The minimum atomic E-state index is 0.915. The molecule has 0 amide bonds. The number of rotatable bonds is 2. The molecule has 1 nitrogen and oxygen atoms in total. The number of fused-ring (bicyclic) bond motifs is 1. The highest BCUT2D eigenvalue weighted by atomic mass is 16.3. The normalized spacial score (nSPS) is 18.0. The molecule has 1 fully saturated rings. The predicted octanol–water partition coefficient (Wildman–Crippen LogP) is 4.56. The van der Waals surface area contributed by atoms with Gasteiger partial charge in [0.2, 0.25) is 0 Å². The lowest BCUT2D eigenvalue weighted by Gasteiger charge is -2.21. The Kier molecular flexibility index (Phi) is 2.69. The summed E-state index contributed by atoms with van der Waals surface area (Å²) in [4.78, 5) is 0. The SMILES string of the molecule is c1cc2cc(CC3CCCCC3)ccc2o1. The second kappa shape index (κ2) is 4.32. The molecular formula is C15H18O. The standard InChI is InChI=1S/C15H18O/c1-2-4-12(5-3-1)10-13-6-7-15-14(11-13)8-9-16-15/h6-9,11-12H,1-5,10H2. The fourth-order valence-corrected chi connectivity index (χ4v) is 2.87. The zero-order valence-corrected chi connectivity index (χ0v) is 9.61. The third-order valence-corrected chi connectivity index (χ3v) is 3.77. The van der Waals surface area contributed by atoms with E-state index in [0.29, 0.717) is 0 Å². The molecule has 0 atom stereocenters. The van der Waals surface area contributed by atoms with E-state index in [0.717, 1.165) is 11.5 Å². The van der Waals surface area contributed by atoms with Gasteiger partial charge >= 0.3 is 0 Å². The summed E-state index contributed by atoms with van der Waals surface area (Å²) >= 11 is 0. The molecule has 1 aliphatic rings. The van der Waals surface area contributed by atoms with Gasteiger partial charge in [-0.25, -0.2) is 0 Å². The van der Waals surface area contributed by atoms with Crippen LogP contribution in [0.4, 0.5) is 0 Å². The summed E-state index contributed by atoms with van der Waals surface area (Å²) in [5.74, 6) is 0.915. The Labute approximate surface area is 96.5 Å². The first-order valence-corrected chi connectivity index (χ1v) is 6.38. The number of hydrogen-bond acceptors (Lipinski definition) is 1. The number of furan rings is 1. The Bertz CT molecular complexity index is 463. The molecule has 0 spiro atoms. The summed E-state index contributed by atoms with van der Waals surface area (Å²) in [6.45, 7) is 0. The van der Waals surface area contributed by atoms with Crippen molar-refractivity contribution in [2.24, 2.45) is 5.92 Å². The Balaban J connectivity index is 1.77. The second-order valence-electron chi connectivity index (χ2n) is 5.00. The Hall–Kier alpha value is -1.24. The molecule has 2 aromatic rings. The van der Waals surface area contributed by atoms with E-state index in [1.165, 1.54) is 49.5 Å². The first-order valence-electron chi connectivity index (χ1n) is 6.38. The van der Waals surface area contributed by atoms with Crippen molar-refractivity contribution in [3.05, 3.63) is 36.1 Å². The van der Waals surface area contributed by atoms with Gasteiger partial charge in [-0.05, 0) is 36.1 Å². The maximum atomic E-state index is 5.36. The molecule has 0 radical (unpaired) electrons. The largest absolute Gasteiger partial charge is 0.464 e. The van der Waals surface area contributed by atoms with Crippen molar-refractivity contribution in [3.8, 4) is 0 Å². The minimum Gasteiger partial charge on any atom is -0.464 e. The molecule has 1 aromatic heterocycles. The molecule has 16 heavy (non-hydrogen) atoms. The van der Waals surface area contributed by atoms with E-state index in [1.807, 2.05) is 0 Å². The van der Waals surface area contributed by atoms with E-state index in [-0.39, 0.29) is 0 Å². The number of benzene rings is 1. The molecule has 1 saturated carbocycles. The van der Waals surface area contributed by atoms with Gasteiger partial charge in [-0.1, -0.05) is 38.2 Å². The molecule has 84 valence electrons. The summed E-state index contributed by atoms with van der Waals surface area (Å²) in [7, 11) is 0. The van der Waals surface area contributed by atoms with Gasteiger partial charge in [0.05, 0.1) is 6.26 Å². The van der Waals surface area contributed by atoms with Crippen LogP contribution < -0.4 is 0 Å². The minimum absolute atomic E-state index is 0.915. The number of hydrogen-bond donors (Lipinski definition) is 0. The second-order valence-corrected chi connectivity index (χ2v) is 5.00. The molecule has 0 bridgehead atoms. The Morgan fingerprint density at radius 2 is 1.94 bits per heavy atom. The van der Waals surface area contributed by atoms with E-state index >= 15 is 0 Å². The summed E-state index contributed by atoms with van der Waals surface area (Å²) in [5, 5.41) is 1.24. The van der Waals surface area contributed by atoms with Crippen molar-refractivity contribution < 1.29 is 4.42 Å². The van der Waals surface area contributed by atoms with Crippen molar-refractivity contribution >= 4 is 11.0 Å². The van der Waals surface area contributed by atoms with Crippen LogP contribution in [0.3, 0.4) is 0 Å². The van der Waals surface area contributed by atoms with Crippen LogP contribution in [-0.4, -0.2) is 0 Å². The van der Waals surface area contributed by atoms with Gasteiger partial charge in [0, 0.05) is 5.39 Å². The Morgan fingerprint density at radius 3 is 2.81 bits per heavy atom. The van der Waals surface area contributed by atoms with Gasteiger partial charge in [-0.2, -0.15) is 0 Å². The third kappa shape index (κ3) is 1.99. The molecule has 1 heteroatoms. The van der Waals surface area contributed by atoms with Crippen LogP contribution in [0.2, 0.25) is 0 Å².